The van der Waals surface area contributed by atoms with Crippen LogP contribution in [0, 0.1) is 0 Å². The van der Waals surface area contributed by atoms with Gasteiger partial charge in [-0.1, -0.05) is 6.42 Å². The number of carbonyl (C=O) groups is 1. The molecule has 106 valence electrons. The van der Waals surface area contributed by atoms with E-state index in [1.54, 1.807) is 4.90 Å². The molecule has 0 saturated carbocycles. The number of hydrogen-bond donors (Lipinski definition) is 1. The van der Waals surface area contributed by atoms with Crippen molar-refractivity contribution in [1.82, 2.24) is 9.80 Å². The van der Waals surface area contributed by atoms with Crippen molar-refractivity contribution < 1.29 is 9.90 Å². The lowest BCUT2D eigenvalue weighted by Crippen LogP contribution is -2.45. The van der Waals surface area contributed by atoms with Crippen molar-refractivity contribution in [2.24, 2.45) is 0 Å². The summed E-state index contributed by atoms with van der Waals surface area (Å²) in [5, 5.41) is 9.16. The van der Waals surface area contributed by atoms with Crippen molar-refractivity contribution >= 4 is 6.09 Å². The van der Waals surface area contributed by atoms with E-state index >= 15 is 0 Å². The average molecular weight is 256 g/mol. The summed E-state index contributed by atoms with van der Waals surface area (Å²) in [7, 11) is 0. The largest absolute Gasteiger partial charge is 0.465 e. The Hall–Kier alpha value is -0.770. The van der Waals surface area contributed by atoms with Gasteiger partial charge in [-0.15, -0.1) is 0 Å². The van der Waals surface area contributed by atoms with Gasteiger partial charge in [-0.05, 0) is 66.1 Å². The molecule has 0 aromatic rings. The van der Waals surface area contributed by atoms with Crippen LogP contribution in [0.2, 0.25) is 0 Å². The monoisotopic (exact) mass is 256 g/mol. The molecular weight excluding hydrogens is 228 g/mol. The highest BCUT2D eigenvalue weighted by Gasteiger charge is 2.25. The lowest BCUT2D eigenvalue weighted by atomic mass is 10.1. The standard InChI is InChI=1S/C14H28N2O2/c1-14(2,3)16(13(17)18)12-6-4-5-9-15-10-7-8-11-15/h4-12H2,1-3H3,(H,17,18). The first-order valence-electron chi connectivity index (χ1n) is 7.14. The number of nitrogens with zero attached hydrogens (tertiary/aromatic N) is 2. The van der Waals surface area contributed by atoms with Crippen LogP contribution in [-0.4, -0.2) is 52.7 Å². The third-order valence-corrected chi connectivity index (χ3v) is 3.60. The van der Waals surface area contributed by atoms with Crippen molar-refractivity contribution in [3.05, 3.63) is 0 Å². The van der Waals surface area contributed by atoms with Gasteiger partial charge in [0.2, 0.25) is 0 Å². The van der Waals surface area contributed by atoms with Gasteiger partial charge in [0.1, 0.15) is 0 Å². The molecule has 1 rings (SSSR count). The van der Waals surface area contributed by atoms with Crippen LogP contribution in [0.3, 0.4) is 0 Å². The Labute approximate surface area is 111 Å². The number of rotatable bonds is 6. The van der Waals surface area contributed by atoms with Gasteiger partial charge >= 0.3 is 6.09 Å². The van der Waals surface area contributed by atoms with Crippen LogP contribution < -0.4 is 0 Å². The second-order valence-electron chi connectivity index (χ2n) is 6.21. The third-order valence-electron chi connectivity index (χ3n) is 3.60. The summed E-state index contributed by atoms with van der Waals surface area (Å²) in [5.74, 6) is 0. The number of likely N-dealkylation sites (tertiary alicyclic amines) is 1. The lowest BCUT2D eigenvalue weighted by Gasteiger charge is -2.33. The first-order valence-corrected chi connectivity index (χ1v) is 7.14. The van der Waals surface area contributed by atoms with Crippen molar-refractivity contribution in [2.75, 3.05) is 26.2 Å². The second-order valence-corrected chi connectivity index (χ2v) is 6.21. The molecule has 0 atom stereocenters. The van der Waals surface area contributed by atoms with Gasteiger partial charge in [-0.25, -0.2) is 4.79 Å². The van der Waals surface area contributed by atoms with Gasteiger partial charge in [0.25, 0.3) is 0 Å². The van der Waals surface area contributed by atoms with E-state index in [4.69, 9.17) is 5.11 Å². The zero-order valence-electron chi connectivity index (χ0n) is 12.1. The normalized spacial score (nSPS) is 17.1. The molecule has 1 N–H and O–H groups in total. The minimum absolute atomic E-state index is 0.291. The first kappa shape index (κ1) is 15.3. The van der Waals surface area contributed by atoms with Crippen LogP contribution >= 0.6 is 0 Å². The summed E-state index contributed by atoms with van der Waals surface area (Å²) < 4.78 is 0. The minimum atomic E-state index is -0.804. The van der Waals surface area contributed by atoms with E-state index in [-0.39, 0.29) is 5.54 Å². The minimum Gasteiger partial charge on any atom is -0.465 e. The average Bonchev–Trinajstić information content (AvgIpc) is 2.73. The van der Waals surface area contributed by atoms with Crippen LogP contribution in [0.5, 0.6) is 0 Å². The molecule has 0 radical (unpaired) electrons. The molecule has 18 heavy (non-hydrogen) atoms. The summed E-state index contributed by atoms with van der Waals surface area (Å²) in [6, 6.07) is 0. The lowest BCUT2D eigenvalue weighted by molar-refractivity contribution is 0.0988. The molecule has 0 spiro atoms. The molecule has 4 nitrogen and oxygen atoms in total. The van der Waals surface area contributed by atoms with E-state index in [1.165, 1.54) is 38.9 Å². The van der Waals surface area contributed by atoms with Crippen LogP contribution in [0.15, 0.2) is 0 Å². The van der Waals surface area contributed by atoms with Crippen LogP contribution in [0.1, 0.15) is 52.9 Å². The number of amides is 1. The Morgan fingerprint density at radius 2 is 1.78 bits per heavy atom. The molecule has 0 aliphatic carbocycles. The van der Waals surface area contributed by atoms with Gasteiger partial charge in [0.05, 0.1) is 0 Å². The summed E-state index contributed by atoms with van der Waals surface area (Å²) in [4.78, 5) is 15.2. The fourth-order valence-electron chi connectivity index (χ4n) is 2.51. The number of hydrogen-bond acceptors (Lipinski definition) is 2. The topological polar surface area (TPSA) is 43.8 Å². The molecule has 1 heterocycles. The summed E-state index contributed by atoms with van der Waals surface area (Å²) in [6.07, 6.45) is 5.17. The summed E-state index contributed by atoms with van der Waals surface area (Å²) >= 11 is 0. The highest BCUT2D eigenvalue weighted by molar-refractivity contribution is 5.65. The summed E-state index contributed by atoms with van der Waals surface area (Å²) in [5.41, 5.74) is -0.291. The quantitative estimate of drug-likeness (QED) is 0.743. The Bertz CT molecular complexity index is 255. The van der Waals surface area contributed by atoms with Gasteiger partial charge in [0.15, 0.2) is 0 Å². The Morgan fingerprint density at radius 1 is 1.17 bits per heavy atom. The van der Waals surface area contributed by atoms with E-state index in [2.05, 4.69) is 4.90 Å². The van der Waals surface area contributed by atoms with Gasteiger partial charge in [-0.3, -0.25) is 0 Å². The van der Waals surface area contributed by atoms with Crippen LogP contribution in [0.4, 0.5) is 4.79 Å². The maximum Gasteiger partial charge on any atom is 0.407 e. The van der Waals surface area contributed by atoms with E-state index in [9.17, 15) is 4.79 Å². The van der Waals surface area contributed by atoms with E-state index < -0.39 is 6.09 Å². The molecule has 1 aliphatic rings. The van der Waals surface area contributed by atoms with Gasteiger partial charge in [-0.2, -0.15) is 0 Å². The molecule has 0 bridgehead atoms. The van der Waals surface area contributed by atoms with Gasteiger partial charge < -0.3 is 14.9 Å². The Balaban J connectivity index is 2.13. The molecule has 1 amide bonds. The SMILES string of the molecule is CC(C)(C)N(CCCCCN1CCCC1)C(=O)O. The van der Waals surface area contributed by atoms with Crippen molar-refractivity contribution in [2.45, 2.75) is 58.4 Å². The predicted molar refractivity (Wildman–Crippen MR) is 74.0 cm³/mol. The van der Waals surface area contributed by atoms with Crippen molar-refractivity contribution in [3.63, 3.8) is 0 Å². The van der Waals surface area contributed by atoms with E-state index in [0.29, 0.717) is 6.54 Å². The molecule has 1 fully saturated rings. The van der Waals surface area contributed by atoms with E-state index in [0.717, 1.165) is 12.8 Å². The zero-order chi connectivity index (χ0) is 13.6. The van der Waals surface area contributed by atoms with Crippen molar-refractivity contribution in [1.29, 1.82) is 0 Å². The number of unbranched alkanes of at least 4 members (excludes halogenated alkanes) is 2. The number of carboxylic acid groups (broad SMARTS) is 1. The third kappa shape index (κ3) is 5.25. The second kappa shape index (κ2) is 6.98. The van der Waals surface area contributed by atoms with E-state index in [1.807, 2.05) is 20.8 Å². The fraction of sp³-hybridized carbons (Fsp3) is 0.929. The fourth-order valence-corrected chi connectivity index (χ4v) is 2.51. The zero-order valence-corrected chi connectivity index (χ0v) is 12.1. The van der Waals surface area contributed by atoms with Gasteiger partial charge in [0, 0.05) is 12.1 Å². The summed E-state index contributed by atoms with van der Waals surface area (Å²) in [6.45, 7) is 10.2. The highest BCUT2D eigenvalue weighted by Crippen LogP contribution is 2.15. The van der Waals surface area contributed by atoms with Crippen molar-refractivity contribution in [3.8, 4) is 0 Å². The Kier molecular flexibility index (Phi) is 5.93. The maximum atomic E-state index is 11.1. The smallest absolute Gasteiger partial charge is 0.407 e. The molecule has 0 unspecified atom stereocenters. The molecule has 1 saturated heterocycles. The highest BCUT2D eigenvalue weighted by atomic mass is 16.4. The van der Waals surface area contributed by atoms with Crippen LogP contribution in [-0.2, 0) is 0 Å². The van der Waals surface area contributed by atoms with Crippen LogP contribution in [0.25, 0.3) is 0 Å². The molecule has 0 aromatic heterocycles. The molecule has 1 aliphatic heterocycles. The molecular formula is C14H28N2O2. The Morgan fingerprint density at radius 3 is 2.28 bits per heavy atom. The molecule has 0 aromatic carbocycles. The molecule has 4 heteroatoms. The first-order chi connectivity index (χ1) is 8.41. The maximum absolute atomic E-state index is 11.1. The predicted octanol–water partition coefficient (Wildman–Crippen LogP) is 3.03.